The highest BCUT2D eigenvalue weighted by Gasteiger charge is 2.36. The van der Waals surface area contributed by atoms with E-state index in [1.807, 2.05) is 45.9 Å². The van der Waals surface area contributed by atoms with E-state index in [9.17, 15) is 19.5 Å². The van der Waals surface area contributed by atoms with Crippen LogP contribution in [0.15, 0.2) is 18.2 Å². The third kappa shape index (κ3) is 9.18. The van der Waals surface area contributed by atoms with Gasteiger partial charge in [-0.2, -0.15) is 12.6 Å². The first-order chi connectivity index (χ1) is 15.8. The van der Waals surface area contributed by atoms with Gasteiger partial charge in [0.15, 0.2) is 0 Å². The van der Waals surface area contributed by atoms with Crippen LogP contribution >= 0.6 is 12.6 Å². The van der Waals surface area contributed by atoms with E-state index in [2.05, 4.69) is 23.3 Å². The Morgan fingerprint density at radius 1 is 1.18 bits per heavy atom. The van der Waals surface area contributed by atoms with Crippen molar-refractivity contribution in [3.8, 4) is 0 Å². The SMILES string of the molecule is CCCC(C)NC(=O)C(c1ccc(C)cc1C)N(CCO)C(=O)C(CS)NC(=O)OC(C)(C)C. The summed E-state index contributed by atoms with van der Waals surface area (Å²) in [6.07, 6.45) is 0.933. The van der Waals surface area contributed by atoms with Gasteiger partial charge in [-0.25, -0.2) is 4.79 Å². The molecule has 0 aliphatic rings. The van der Waals surface area contributed by atoms with Gasteiger partial charge in [0.05, 0.1) is 6.61 Å². The molecule has 1 aromatic carbocycles. The van der Waals surface area contributed by atoms with Crippen molar-refractivity contribution < 1.29 is 24.2 Å². The molecule has 0 bridgehead atoms. The molecule has 0 saturated heterocycles. The largest absolute Gasteiger partial charge is 0.444 e. The van der Waals surface area contributed by atoms with Crippen LogP contribution in [0, 0.1) is 13.8 Å². The predicted molar refractivity (Wildman–Crippen MR) is 137 cm³/mol. The van der Waals surface area contributed by atoms with Gasteiger partial charge in [0.2, 0.25) is 11.8 Å². The first-order valence-corrected chi connectivity index (χ1v) is 12.4. The quantitative estimate of drug-likeness (QED) is 0.352. The minimum absolute atomic E-state index is 0.00649. The van der Waals surface area contributed by atoms with Crippen LogP contribution < -0.4 is 10.6 Å². The first-order valence-electron chi connectivity index (χ1n) is 11.7. The Balaban J connectivity index is 3.39. The standard InChI is InChI=1S/C25H41N3O5S/c1-8-9-18(4)26-22(30)21(19-11-10-16(2)14-17(19)3)28(12-13-29)23(31)20(15-34)27-24(32)33-25(5,6)7/h10-11,14,18,20-21,29,34H,8-9,12-13,15H2,1-7H3,(H,26,30)(H,27,32). The molecule has 1 aromatic rings. The summed E-state index contributed by atoms with van der Waals surface area (Å²) in [7, 11) is 0. The van der Waals surface area contributed by atoms with Crippen LogP contribution in [0.4, 0.5) is 4.79 Å². The maximum absolute atomic E-state index is 13.6. The Bertz CT molecular complexity index is 840. The van der Waals surface area contributed by atoms with Crippen molar-refractivity contribution in [2.45, 2.75) is 85.0 Å². The van der Waals surface area contributed by atoms with Gasteiger partial charge in [-0.1, -0.05) is 37.1 Å². The second-order valence-electron chi connectivity index (χ2n) is 9.60. The van der Waals surface area contributed by atoms with Gasteiger partial charge in [-0.3, -0.25) is 9.59 Å². The molecule has 0 saturated carbocycles. The molecule has 0 aliphatic heterocycles. The second kappa shape index (κ2) is 13.6. The molecular formula is C25H41N3O5S. The van der Waals surface area contributed by atoms with Crippen molar-refractivity contribution in [1.29, 1.82) is 0 Å². The van der Waals surface area contributed by atoms with Gasteiger partial charge < -0.3 is 25.4 Å². The molecule has 0 heterocycles. The van der Waals surface area contributed by atoms with E-state index >= 15 is 0 Å². The molecule has 0 radical (unpaired) electrons. The van der Waals surface area contributed by atoms with Crippen molar-refractivity contribution in [3.63, 3.8) is 0 Å². The van der Waals surface area contributed by atoms with E-state index < -0.39 is 29.7 Å². The van der Waals surface area contributed by atoms with Crippen molar-refractivity contribution >= 4 is 30.5 Å². The highest BCUT2D eigenvalue weighted by Crippen LogP contribution is 2.26. The monoisotopic (exact) mass is 495 g/mol. The lowest BCUT2D eigenvalue weighted by atomic mass is 9.96. The van der Waals surface area contributed by atoms with Gasteiger partial charge in [0, 0.05) is 18.3 Å². The Kier molecular flexibility index (Phi) is 11.9. The topological polar surface area (TPSA) is 108 Å². The Morgan fingerprint density at radius 2 is 1.82 bits per heavy atom. The summed E-state index contributed by atoms with van der Waals surface area (Å²) in [4.78, 5) is 40.7. The summed E-state index contributed by atoms with van der Waals surface area (Å²) < 4.78 is 5.28. The Morgan fingerprint density at radius 3 is 2.32 bits per heavy atom. The van der Waals surface area contributed by atoms with Crippen LogP contribution in [0.2, 0.25) is 0 Å². The Hall–Kier alpha value is -2.26. The third-order valence-electron chi connectivity index (χ3n) is 5.19. The number of nitrogens with one attached hydrogen (secondary N) is 2. The number of rotatable bonds is 11. The highest BCUT2D eigenvalue weighted by molar-refractivity contribution is 7.80. The number of thiol groups is 1. The van der Waals surface area contributed by atoms with Crippen molar-refractivity contribution in [3.05, 3.63) is 34.9 Å². The van der Waals surface area contributed by atoms with Gasteiger partial charge in [0.1, 0.15) is 17.7 Å². The summed E-state index contributed by atoms with van der Waals surface area (Å²) in [5.74, 6) is -0.879. The van der Waals surface area contributed by atoms with E-state index in [-0.39, 0.29) is 30.9 Å². The summed E-state index contributed by atoms with van der Waals surface area (Å²) in [6.45, 7) is 12.5. The van der Waals surface area contributed by atoms with Gasteiger partial charge in [-0.15, -0.1) is 0 Å². The molecule has 1 rings (SSSR count). The predicted octanol–water partition coefficient (Wildman–Crippen LogP) is 3.29. The minimum atomic E-state index is -1.04. The van der Waals surface area contributed by atoms with Crippen molar-refractivity contribution in [2.75, 3.05) is 18.9 Å². The summed E-state index contributed by atoms with van der Waals surface area (Å²) in [5.41, 5.74) is 1.79. The van der Waals surface area contributed by atoms with Crippen LogP contribution in [0.5, 0.6) is 0 Å². The molecular weight excluding hydrogens is 454 g/mol. The molecule has 34 heavy (non-hydrogen) atoms. The first kappa shape index (κ1) is 29.8. The van der Waals surface area contributed by atoms with E-state index in [4.69, 9.17) is 4.74 Å². The second-order valence-corrected chi connectivity index (χ2v) is 9.96. The average molecular weight is 496 g/mol. The molecule has 3 atom stereocenters. The number of alkyl carbamates (subject to hydrolysis) is 1. The Labute approximate surface area is 209 Å². The molecule has 0 fully saturated rings. The van der Waals surface area contributed by atoms with Crippen molar-refractivity contribution in [2.24, 2.45) is 0 Å². The zero-order valence-corrected chi connectivity index (χ0v) is 22.4. The number of hydrogen-bond donors (Lipinski definition) is 4. The molecule has 3 N–H and O–H groups in total. The molecule has 0 spiro atoms. The van der Waals surface area contributed by atoms with Crippen LogP contribution in [0.3, 0.4) is 0 Å². The number of amides is 3. The molecule has 8 nitrogen and oxygen atoms in total. The van der Waals surface area contributed by atoms with Crippen LogP contribution in [-0.2, 0) is 14.3 Å². The molecule has 192 valence electrons. The number of aryl methyl sites for hydroxylation is 2. The normalized spacial score (nSPS) is 14.0. The fourth-order valence-electron chi connectivity index (χ4n) is 3.72. The van der Waals surface area contributed by atoms with Gasteiger partial charge in [0.25, 0.3) is 0 Å². The summed E-state index contributed by atoms with van der Waals surface area (Å²) >= 11 is 4.25. The lowest BCUT2D eigenvalue weighted by Gasteiger charge is -2.35. The molecule has 3 unspecified atom stereocenters. The molecule has 0 aromatic heterocycles. The summed E-state index contributed by atoms with van der Waals surface area (Å²) in [6, 6.07) is 3.54. The molecule has 3 amide bonds. The lowest BCUT2D eigenvalue weighted by molar-refractivity contribution is -0.142. The number of aliphatic hydroxyl groups excluding tert-OH is 1. The van der Waals surface area contributed by atoms with E-state index in [0.717, 1.165) is 24.0 Å². The zero-order valence-electron chi connectivity index (χ0n) is 21.5. The number of carbonyl (C=O) groups excluding carboxylic acids is 3. The van der Waals surface area contributed by atoms with Gasteiger partial charge >= 0.3 is 6.09 Å². The molecule has 0 aliphatic carbocycles. The van der Waals surface area contributed by atoms with Crippen LogP contribution in [-0.4, -0.2) is 64.5 Å². The number of hydrogen-bond acceptors (Lipinski definition) is 6. The van der Waals surface area contributed by atoms with E-state index in [1.54, 1.807) is 20.8 Å². The fraction of sp³-hybridized carbons (Fsp3) is 0.640. The number of benzene rings is 1. The zero-order chi connectivity index (χ0) is 26.1. The minimum Gasteiger partial charge on any atom is -0.444 e. The smallest absolute Gasteiger partial charge is 0.408 e. The van der Waals surface area contributed by atoms with Gasteiger partial charge in [-0.05, 0) is 59.1 Å². The van der Waals surface area contributed by atoms with E-state index in [1.165, 1.54) is 4.90 Å². The fourth-order valence-corrected chi connectivity index (χ4v) is 3.97. The lowest BCUT2D eigenvalue weighted by Crippen LogP contribution is -2.55. The van der Waals surface area contributed by atoms with Crippen LogP contribution in [0.1, 0.15) is 70.2 Å². The number of aliphatic hydroxyl groups is 1. The maximum atomic E-state index is 13.6. The number of ether oxygens (including phenoxy) is 1. The number of carbonyl (C=O) groups is 3. The summed E-state index contributed by atoms with van der Waals surface area (Å²) in [5, 5.41) is 15.3. The van der Waals surface area contributed by atoms with Crippen molar-refractivity contribution in [1.82, 2.24) is 15.5 Å². The van der Waals surface area contributed by atoms with Crippen LogP contribution in [0.25, 0.3) is 0 Å². The third-order valence-corrected chi connectivity index (χ3v) is 5.55. The highest BCUT2D eigenvalue weighted by atomic mass is 32.1. The molecule has 9 heteroatoms. The average Bonchev–Trinajstić information content (AvgIpc) is 2.71. The number of nitrogens with zero attached hydrogens (tertiary/aromatic N) is 1. The maximum Gasteiger partial charge on any atom is 0.408 e. The van der Waals surface area contributed by atoms with E-state index in [0.29, 0.717) is 5.56 Å².